The molecule has 124 valence electrons. The zero-order valence-corrected chi connectivity index (χ0v) is 14.6. The molecule has 0 bridgehead atoms. The molecule has 3 rings (SSSR count). The third-order valence-electron chi connectivity index (χ3n) is 4.28. The summed E-state index contributed by atoms with van der Waals surface area (Å²) in [5.41, 5.74) is 0.853. The molecule has 1 aliphatic rings. The van der Waals surface area contributed by atoms with Gasteiger partial charge in [-0.2, -0.15) is 0 Å². The van der Waals surface area contributed by atoms with Crippen LogP contribution < -0.4 is 5.32 Å². The number of aryl methyl sites for hydroxylation is 1. The van der Waals surface area contributed by atoms with E-state index in [0.29, 0.717) is 5.92 Å². The number of thiophene rings is 1. The minimum Gasteiger partial charge on any atom is -0.359 e. The number of rotatable bonds is 4. The fourth-order valence-corrected chi connectivity index (χ4v) is 4.05. The standard InChI is InChI=1S/C17H23N3O2S/c1-11(2)16(15-7-5-9-23-15)18-17(21)20-8-4-6-13(20)14-10-12(3)19-22-14/h5,7,9-11,13,16H,4,6,8H2,1-3H3,(H,18,21)/t13-,16-/m1/s1. The molecule has 1 fully saturated rings. The van der Waals surface area contributed by atoms with Gasteiger partial charge in [0.2, 0.25) is 0 Å². The van der Waals surface area contributed by atoms with Crippen LogP contribution in [0.1, 0.15) is 55.1 Å². The molecule has 2 amide bonds. The first-order chi connectivity index (χ1) is 11.1. The molecule has 0 saturated carbocycles. The largest absolute Gasteiger partial charge is 0.359 e. The molecule has 2 atom stereocenters. The average molecular weight is 333 g/mol. The second-order valence-corrected chi connectivity index (χ2v) is 7.39. The van der Waals surface area contributed by atoms with Crippen molar-refractivity contribution in [2.45, 2.75) is 45.7 Å². The Labute approximate surface area is 140 Å². The van der Waals surface area contributed by atoms with E-state index in [9.17, 15) is 4.79 Å². The highest BCUT2D eigenvalue weighted by Gasteiger charge is 2.34. The van der Waals surface area contributed by atoms with Crippen LogP contribution in [0, 0.1) is 12.8 Å². The maximum absolute atomic E-state index is 12.8. The monoisotopic (exact) mass is 333 g/mol. The molecular weight excluding hydrogens is 310 g/mol. The normalized spacial score (nSPS) is 19.3. The highest BCUT2D eigenvalue weighted by Crippen LogP contribution is 2.33. The minimum atomic E-state index is -0.0198. The van der Waals surface area contributed by atoms with Crippen LogP contribution in [0.4, 0.5) is 4.79 Å². The van der Waals surface area contributed by atoms with Crippen molar-refractivity contribution in [1.82, 2.24) is 15.4 Å². The number of carbonyl (C=O) groups excluding carboxylic acids is 1. The predicted molar refractivity (Wildman–Crippen MR) is 90.4 cm³/mol. The van der Waals surface area contributed by atoms with Gasteiger partial charge in [-0.1, -0.05) is 25.1 Å². The van der Waals surface area contributed by atoms with E-state index < -0.39 is 0 Å². The van der Waals surface area contributed by atoms with E-state index in [0.717, 1.165) is 30.8 Å². The van der Waals surface area contributed by atoms with Gasteiger partial charge in [0, 0.05) is 17.5 Å². The molecule has 0 aliphatic carbocycles. The molecule has 0 aromatic carbocycles. The maximum Gasteiger partial charge on any atom is 0.318 e. The van der Waals surface area contributed by atoms with Crippen molar-refractivity contribution in [3.8, 4) is 0 Å². The maximum atomic E-state index is 12.8. The van der Waals surface area contributed by atoms with Crippen LogP contribution in [-0.2, 0) is 0 Å². The number of likely N-dealkylation sites (tertiary alicyclic amines) is 1. The summed E-state index contributed by atoms with van der Waals surface area (Å²) in [5.74, 6) is 1.12. The number of nitrogens with one attached hydrogen (secondary N) is 1. The number of hydrogen-bond acceptors (Lipinski definition) is 4. The lowest BCUT2D eigenvalue weighted by atomic mass is 10.0. The highest BCUT2D eigenvalue weighted by molar-refractivity contribution is 7.10. The van der Waals surface area contributed by atoms with Crippen LogP contribution >= 0.6 is 11.3 Å². The first-order valence-electron chi connectivity index (χ1n) is 8.10. The Hall–Kier alpha value is -1.82. The van der Waals surface area contributed by atoms with Crippen LogP contribution in [0.15, 0.2) is 28.1 Å². The van der Waals surface area contributed by atoms with Crippen molar-refractivity contribution < 1.29 is 9.32 Å². The van der Waals surface area contributed by atoms with E-state index in [1.165, 1.54) is 4.88 Å². The summed E-state index contributed by atoms with van der Waals surface area (Å²) < 4.78 is 5.38. The molecule has 2 aromatic rings. The summed E-state index contributed by atoms with van der Waals surface area (Å²) in [7, 11) is 0. The van der Waals surface area contributed by atoms with Crippen LogP contribution in [0.5, 0.6) is 0 Å². The van der Waals surface area contributed by atoms with Crippen molar-refractivity contribution in [1.29, 1.82) is 0 Å². The molecule has 2 aromatic heterocycles. The van der Waals surface area contributed by atoms with Crippen molar-refractivity contribution in [2.75, 3.05) is 6.54 Å². The molecular formula is C17H23N3O2S. The van der Waals surface area contributed by atoms with Gasteiger partial charge in [0.25, 0.3) is 0 Å². The molecule has 0 radical (unpaired) electrons. The molecule has 23 heavy (non-hydrogen) atoms. The van der Waals surface area contributed by atoms with Gasteiger partial charge in [0.15, 0.2) is 5.76 Å². The molecule has 1 aliphatic heterocycles. The number of carbonyl (C=O) groups is 1. The van der Waals surface area contributed by atoms with Crippen LogP contribution in [0.2, 0.25) is 0 Å². The summed E-state index contributed by atoms with van der Waals surface area (Å²) in [6, 6.07) is 6.05. The summed E-state index contributed by atoms with van der Waals surface area (Å²) in [4.78, 5) is 15.9. The molecule has 1 N–H and O–H groups in total. The Bertz CT molecular complexity index is 651. The van der Waals surface area contributed by atoms with E-state index in [2.05, 4.69) is 30.4 Å². The van der Waals surface area contributed by atoms with Gasteiger partial charge in [-0.15, -0.1) is 11.3 Å². The van der Waals surface area contributed by atoms with E-state index in [4.69, 9.17) is 4.52 Å². The third-order valence-corrected chi connectivity index (χ3v) is 5.24. The lowest BCUT2D eigenvalue weighted by molar-refractivity contribution is 0.175. The molecule has 5 nitrogen and oxygen atoms in total. The van der Waals surface area contributed by atoms with Crippen LogP contribution in [0.3, 0.4) is 0 Å². The number of hydrogen-bond donors (Lipinski definition) is 1. The average Bonchev–Trinajstić information content (AvgIpc) is 3.24. The zero-order valence-electron chi connectivity index (χ0n) is 13.8. The smallest absolute Gasteiger partial charge is 0.318 e. The predicted octanol–water partition coefficient (Wildman–Crippen LogP) is 4.29. The highest BCUT2D eigenvalue weighted by atomic mass is 32.1. The summed E-state index contributed by atoms with van der Waals surface area (Å²) in [5, 5.41) is 9.20. The Balaban J connectivity index is 1.73. The van der Waals surface area contributed by atoms with Gasteiger partial charge in [0.05, 0.1) is 17.8 Å². The quantitative estimate of drug-likeness (QED) is 0.908. The van der Waals surface area contributed by atoms with Gasteiger partial charge >= 0.3 is 6.03 Å². The van der Waals surface area contributed by atoms with Crippen molar-refractivity contribution in [2.24, 2.45) is 5.92 Å². The van der Waals surface area contributed by atoms with Gasteiger partial charge < -0.3 is 14.7 Å². The molecule has 6 heteroatoms. The number of nitrogens with zero attached hydrogens (tertiary/aromatic N) is 2. The van der Waals surface area contributed by atoms with Gasteiger partial charge in [-0.3, -0.25) is 0 Å². The van der Waals surface area contributed by atoms with Crippen molar-refractivity contribution in [3.05, 3.63) is 39.9 Å². The molecule has 0 spiro atoms. The Morgan fingerprint density at radius 1 is 1.52 bits per heavy atom. The molecule has 3 heterocycles. The van der Waals surface area contributed by atoms with Crippen LogP contribution in [-0.4, -0.2) is 22.6 Å². The Kier molecular flexibility index (Phi) is 4.71. The van der Waals surface area contributed by atoms with E-state index in [1.807, 2.05) is 29.3 Å². The number of aromatic nitrogens is 1. The molecule has 1 saturated heterocycles. The number of amides is 2. The lowest BCUT2D eigenvalue weighted by Gasteiger charge is -2.28. The first-order valence-corrected chi connectivity index (χ1v) is 8.98. The SMILES string of the molecule is Cc1cc([C@H]2CCCN2C(=O)N[C@@H](c2cccs2)C(C)C)on1. The summed E-state index contributed by atoms with van der Waals surface area (Å²) in [6.45, 7) is 6.92. The van der Waals surface area contributed by atoms with Gasteiger partial charge in [-0.05, 0) is 37.1 Å². The van der Waals surface area contributed by atoms with Gasteiger partial charge in [0.1, 0.15) is 0 Å². The van der Waals surface area contributed by atoms with E-state index in [-0.39, 0.29) is 18.1 Å². The zero-order chi connectivity index (χ0) is 16.4. The molecule has 0 unspecified atom stereocenters. The fraction of sp³-hybridized carbons (Fsp3) is 0.529. The Morgan fingerprint density at radius 3 is 2.96 bits per heavy atom. The Morgan fingerprint density at radius 2 is 2.35 bits per heavy atom. The fourth-order valence-electron chi connectivity index (χ4n) is 3.10. The first kappa shape index (κ1) is 16.1. The second-order valence-electron chi connectivity index (χ2n) is 6.41. The van der Waals surface area contributed by atoms with Crippen molar-refractivity contribution >= 4 is 17.4 Å². The van der Waals surface area contributed by atoms with E-state index >= 15 is 0 Å². The summed E-state index contributed by atoms with van der Waals surface area (Å²) in [6.07, 6.45) is 1.91. The van der Waals surface area contributed by atoms with E-state index in [1.54, 1.807) is 11.3 Å². The lowest BCUT2D eigenvalue weighted by Crippen LogP contribution is -2.42. The summed E-state index contributed by atoms with van der Waals surface area (Å²) >= 11 is 1.68. The van der Waals surface area contributed by atoms with Crippen LogP contribution in [0.25, 0.3) is 0 Å². The van der Waals surface area contributed by atoms with Crippen molar-refractivity contribution in [3.63, 3.8) is 0 Å². The number of urea groups is 1. The second kappa shape index (κ2) is 6.74. The topological polar surface area (TPSA) is 58.4 Å². The van der Waals surface area contributed by atoms with Gasteiger partial charge in [-0.25, -0.2) is 4.79 Å². The third kappa shape index (κ3) is 3.42. The minimum absolute atomic E-state index is 0.00709.